The number of fused-ring (bicyclic) bond motifs is 1. The van der Waals surface area contributed by atoms with Gasteiger partial charge < -0.3 is 5.73 Å². The number of benzene rings is 2. The highest BCUT2D eigenvalue weighted by Gasteiger charge is 2.37. The molecule has 2 aromatic rings. The van der Waals surface area contributed by atoms with Crippen LogP contribution in [-0.2, 0) is 11.2 Å². The van der Waals surface area contributed by atoms with Crippen molar-refractivity contribution in [1.82, 2.24) is 0 Å². The number of primary amides is 1. The van der Waals surface area contributed by atoms with Crippen LogP contribution >= 0.6 is 11.8 Å². The molecule has 2 N–H and O–H groups in total. The van der Waals surface area contributed by atoms with E-state index in [1.54, 1.807) is 6.07 Å². The molecule has 2 amide bonds. The van der Waals surface area contributed by atoms with E-state index in [2.05, 4.69) is 0 Å². The van der Waals surface area contributed by atoms with E-state index in [1.807, 2.05) is 48.7 Å². The Morgan fingerprint density at radius 3 is 2.55 bits per heavy atom. The summed E-state index contributed by atoms with van der Waals surface area (Å²) in [5.74, 6) is -0.662. The molecule has 22 heavy (non-hydrogen) atoms. The summed E-state index contributed by atoms with van der Waals surface area (Å²) in [6.45, 7) is 0. The van der Waals surface area contributed by atoms with Crippen LogP contribution in [0.15, 0.2) is 53.4 Å². The maximum absolute atomic E-state index is 13.0. The fraction of sp³-hybridized carbons (Fsp3) is 0.176. The van der Waals surface area contributed by atoms with Crippen LogP contribution in [0.3, 0.4) is 0 Å². The van der Waals surface area contributed by atoms with Gasteiger partial charge in [-0.3, -0.25) is 14.5 Å². The van der Waals surface area contributed by atoms with Crippen molar-refractivity contribution in [3.63, 3.8) is 0 Å². The second kappa shape index (κ2) is 5.85. The summed E-state index contributed by atoms with van der Waals surface area (Å²) in [5, 5.41) is 0. The summed E-state index contributed by atoms with van der Waals surface area (Å²) in [6, 6.07) is 14.3. The van der Waals surface area contributed by atoms with E-state index in [4.69, 9.17) is 5.73 Å². The van der Waals surface area contributed by atoms with Crippen molar-refractivity contribution in [2.24, 2.45) is 5.73 Å². The normalized spacial score (nSPS) is 16.4. The maximum atomic E-state index is 13.0. The molecule has 1 aliphatic heterocycles. The first-order valence-electron chi connectivity index (χ1n) is 6.97. The highest BCUT2D eigenvalue weighted by atomic mass is 32.2. The van der Waals surface area contributed by atoms with Crippen LogP contribution in [0.4, 0.5) is 5.69 Å². The lowest BCUT2D eigenvalue weighted by Crippen LogP contribution is -2.46. The Labute approximate surface area is 133 Å². The molecule has 0 saturated carbocycles. The molecule has 0 bridgehead atoms. The lowest BCUT2D eigenvalue weighted by atomic mass is 10.1. The molecule has 0 spiro atoms. The number of nitrogens with zero attached hydrogens (tertiary/aromatic N) is 1. The van der Waals surface area contributed by atoms with Gasteiger partial charge in [0.25, 0.3) is 5.91 Å². The van der Waals surface area contributed by atoms with Gasteiger partial charge in [-0.2, -0.15) is 0 Å². The third-order valence-corrected chi connectivity index (χ3v) is 4.66. The van der Waals surface area contributed by atoms with E-state index in [1.165, 1.54) is 16.7 Å². The zero-order valence-electron chi connectivity index (χ0n) is 12.2. The Balaban J connectivity index is 2.08. The van der Waals surface area contributed by atoms with Gasteiger partial charge in [-0.05, 0) is 30.0 Å². The molecule has 1 aliphatic rings. The van der Waals surface area contributed by atoms with Crippen LogP contribution in [0.25, 0.3) is 0 Å². The number of hydrogen-bond acceptors (Lipinski definition) is 3. The summed E-state index contributed by atoms with van der Waals surface area (Å²) in [4.78, 5) is 27.2. The Morgan fingerprint density at radius 1 is 1.14 bits per heavy atom. The quantitative estimate of drug-likeness (QED) is 0.886. The first-order chi connectivity index (χ1) is 10.6. The van der Waals surface area contributed by atoms with Gasteiger partial charge >= 0.3 is 0 Å². The van der Waals surface area contributed by atoms with Crippen molar-refractivity contribution in [3.05, 3.63) is 59.7 Å². The zero-order chi connectivity index (χ0) is 15.7. The molecular formula is C17H16N2O2S. The fourth-order valence-corrected chi connectivity index (χ4v) is 3.41. The molecule has 0 fully saturated rings. The van der Waals surface area contributed by atoms with Crippen molar-refractivity contribution < 1.29 is 9.59 Å². The van der Waals surface area contributed by atoms with Crippen LogP contribution in [0.2, 0.25) is 0 Å². The average Bonchev–Trinajstić information content (AvgIpc) is 2.94. The van der Waals surface area contributed by atoms with Gasteiger partial charge in [-0.25, -0.2) is 0 Å². The topological polar surface area (TPSA) is 63.4 Å². The minimum absolute atomic E-state index is 0.182. The Kier molecular flexibility index (Phi) is 3.90. The summed E-state index contributed by atoms with van der Waals surface area (Å²) in [6.07, 6.45) is 2.40. The lowest BCUT2D eigenvalue weighted by Gasteiger charge is -2.24. The first kappa shape index (κ1) is 14.7. The molecule has 0 saturated heterocycles. The van der Waals surface area contributed by atoms with E-state index in [0.29, 0.717) is 12.0 Å². The van der Waals surface area contributed by atoms with Crippen LogP contribution in [0.5, 0.6) is 0 Å². The van der Waals surface area contributed by atoms with Crippen molar-refractivity contribution in [1.29, 1.82) is 0 Å². The number of anilines is 1. The van der Waals surface area contributed by atoms with Crippen molar-refractivity contribution >= 4 is 29.3 Å². The maximum Gasteiger partial charge on any atom is 0.260 e. The highest BCUT2D eigenvalue weighted by molar-refractivity contribution is 7.98. The SMILES string of the molecule is CSc1ccccc1C(=O)N1c2ccccc2CC1C(N)=O. The third kappa shape index (κ3) is 2.37. The first-order valence-corrected chi connectivity index (χ1v) is 8.19. The van der Waals surface area contributed by atoms with Crippen molar-refractivity contribution in [2.75, 3.05) is 11.2 Å². The van der Waals surface area contributed by atoms with Crippen LogP contribution < -0.4 is 10.6 Å². The predicted molar refractivity (Wildman–Crippen MR) is 88.2 cm³/mol. The minimum atomic E-state index is -0.625. The number of carbonyl (C=O) groups excluding carboxylic acids is 2. The van der Waals surface area contributed by atoms with Gasteiger partial charge in [0.1, 0.15) is 6.04 Å². The molecule has 0 radical (unpaired) electrons. The average molecular weight is 312 g/mol. The number of amides is 2. The Morgan fingerprint density at radius 2 is 1.82 bits per heavy atom. The highest BCUT2D eigenvalue weighted by Crippen LogP contribution is 2.34. The predicted octanol–water partition coefficient (Wildman–Crippen LogP) is 2.47. The second-order valence-electron chi connectivity index (χ2n) is 5.13. The number of nitrogens with two attached hydrogens (primary N) is 1. The molecule has 1 atom stereocenters. The molecule has 5 heteroatoms. The molecular weight excluding hydrogens is 296 g/mol. The number of rotatable bonds is 3. The van der Waals surface area contributed by atoms with Gasteiger partial charge in [0.05, 0.1) is 5.56 Å². The van der Waals surface area contributed by atoms with Crippen molar-refractivity contribution in [3.8, 4) is 0 Å². The molecule has 112 valence electrons. The molecule has 2 aromatic carbocycles. The summed E-state index contributed by atoms with van der Waals surface area (Å²) < 4.78 is 0. The van der Waals surface area contributed by atoms with E-state index in [-0.39, 0.29) is 5.91 Å². The monoisotopic (exact) mass is 312 g/mol. The molecule has 0 aromatic heterocycles. The van der Waals surface area contributed by atoms with Crippen LogP contribution in [0, 0.1) is 0 Å². The fourth-order valence-electron chi connectivity index (χ4n) is 2.82. The van der Waals surface area contributed by atoms with E-state index in [9.17, 15) is 9.59 Å². The molecule has 1 unspecified atom stereocenters. The summed E-state index contributed by atoms with van der Waals surface area (Å²) in [5.41, 5.74) is 7.86. The smallest absolute Gasteiger partial charge is 0.260 e. The molecule has 4 nitrogen and oxygen atoms in total. The minimum Gasteiger partial charge on any atom is -0.368 e. The second-order valence-corrected chi connectivity index (χ2v) is 5.97. The molecule has 1 heterocycles. The number of thioether (sulfide) groups is 1. The van der Waals surface area contributed by atoms with Gasteiger partial charge in [-0.15, -0.1) is 11.8 Å². The van der Waals surface area contributed by atoms with Gasteiger partial charge in [0.15, 0.2) is 0 Å². The van der Waals surface area contributed by atoms with Gasteiger partial charge in [0.2, 0.25) is 5.91 Å². The standard InChI is InChI=1S/C17H16N2O2S/c1-22-15-9-5-3-7-12(15)17(21)19-13-8-4-2-6-11(13)10-14(19)16(18)20/h2-9,14H,10H2,1H3,(H2,18,20). The van der Waals surface area contributed by atoms with E-state index in [0.717, 1.165) is 16.1 Å². The van der Waals surface area contributed by atoms with Crippen LogP contribution in [-0.4, -0.2) is 24.1 Å². The van der Waals surface area contributed by atoms with E-state index < -0.39 is 11.9 Å². The molecule has 3 rings (SSSR count). The summed E-state index contributed by atoms with van der Waals surface area (Å²) in [7, 11) is 0. The number of para-hydroxylation sites is 1. The number of hydrogen-bond donors (Lipinski definition) is 1. The molecule has 0 aliphatic carbocycles. The zero-order valence-corrected chi connectivity index (χ0v) is 13.0. The Hall–Kier alpha value is -2.27. The summed E-state index contributed by atoms with van der Waals surface area (Å²) >= 11 is 1.51. The largest absolute Gasteiger partial charge is 0.368 e. The van der Waals surface area contributed by atoms with Gasteiger partial charge in [-0.1, -0.05) is 30.3 Å². The third-order valence-electron chi connectivity index (χ3n) is 3.86. The van der Waals surface area contributed by atoms with Gasteiger partial charge in [0, 0.05) is 17.0 Å². The Bertz CT molecular complexity index is 745. The van der Waals surface area contributed by atoms with E-state index >= 15 is 0 Å². The van der Waals surface area contributed by atoms with Crippen molar-refractivity contribution in [2.45, 2.75) is 17.4 Å². The van der Waals surface area contributed by atoms with Crippen LogP contribution in [0.1, 0.15) is 15.9 Å². The number of carbonyl (C=O) groups is 2. The lowest BCUT2D eigenvalue weighted by molar-refractivity contribution is -0.119.